The van der Waals surface area contributed by atoms with E-state index >= 15 is 0 Å². The van der Waals surface area contributed by atoms with Crippen LogP contribution in [0.1, 0.15) is 23.2 Å². The number of carbonyl (C=O) groups is 1. The van der Waals surface area contributed by atoms with Crippen LogP contribution < -0.4 is 14.8 Å². The number of nitrogens with zero attached hydrogens (tertiary/aromatic N) is 2. The fourth-order valence-corrected chi connectivity index (χ4v) is 4.83. The number of likely N-dealkylation sites (tertiary alicyclic amines) is 1. The van der Waals surface area contributed by atoms with Crippen molar-refractivity contribution in [2.45, 2.75) is 18.9 Å². The van der Waals surface area contributed by atoms with Gasteiger partial charge in [-0.2, -0.15) is 0 Å². The molecular weight excluding hydrogens is 506 g/mol. The van der Waals surface area contributed by atoms with E-state index in [2.05, 4.69) is 17.3 Å². The molecule has 1 heterocycles. The maximum absolute atomic E-state index is 13.1. The van der Waals surface area contributed by atoms with Gasteiger partial charge >= 0.3 is 0 Å². The fourth-order valence-electron chi connectivity index (χ4n) is 4.83. The number of ether oxygens (including phenoxy) is 2. The van der Waals surface area contributed by atoms with Crippen molar-refractivity contribution in [3.63, 3.8) is 0 Å². The lowest BCUT2D eigenvalue weighted by molar-refractivity contribution is -0.384. The molecule has 1 N–H and O–H groups in total. The lowest BCUT2D eigenvalue weighted by Gasteiger charge is -2.29. The zero-order valence-corrected chi connectivity index (χ0v) is 22.5. The molecule has 0 spiro atoms. The van der Waals surface area contributed by atoms with Crippen LogP contribution in [0.25, 0.3) is 22.3 Å². The average Bonchev–Trinajstić information content (AvgIpc) is 2.99. The maximum atomic E-state index is 13.1. The predicted octanol–water partition coefficient (Wildman–Crippen LogP) is 6.66. The Morgan fingerprint density at radius 1 is 0.900 bits per heavy atom. The normalized spacial score (nSPS) is 13.9. The second-order valence-electron chi connectivity index (χ2n) is 9.90. The highest BCUT2D eigenvalue weighted by Crippen LogP contribution is 2.33. The number of carbonyl (C=O) groups excluding carboxylic acids is 1. The van der Waals surface area contributed by atoms with Crippen molar-refractivity contribution in [3.8, 4) is 33.8 Å². The van der Waals surface area contributed by atoms with Crippen LogP contribution in [-0.4, -0.2) is 49.1 Å². The number of piperidine rings is 1. The molecule has 8 nitrogen and oxygen atoms in total. The Bertz CT molecular complexity index is 1490. The highest BCUT2D eigenvalue weighted by atomic mass is 16.6. The number of rotatable bonds is 8. The van der Waals surface area contributed by atoms with Crippen molar-refractivity contribution in [2.75, 3.05) is 32.6 Å². The second kappa shape index (κ2) is 12.0. The van der Waals surface area contributed by atoms with Gasteiger partial charge in [0.15, 0.2) is 0 Å². The van der Waals surface area contributed by atoms with Crippen LogP contribution >= 0.6 is 0 Å². The standard InChI is InChI=1S/C32H31N3O5/c1-34-18-16-29(17-19-34)40-28-13-8-23(9-14-28)22-6-11-26(12-7-22)33-32(36)25-10-15-31(39-2)30(21-25)24-4-3-5-27(20-24)35(37)38/h3-15,20-21,29H,16-19H2,1-2H3,(H,33,36). The molecular formula is C32H31N3O5. The molecule has 4 aromatic rings. The molecule has 8 heteroatoms. The number of hydrogen-bond acceptors (Lipinski definition) is 6. The molecule has 0 aliphatic carbocycles. The van der Waals surface area contributed by atoms with Crippen LogP contribution in [0.4, 0.5) is 11.4 Å². The highest BCUT2D eigenvalue weighted by molar-refractivity contribution is 6.05. The Hall–Kier alpha value is -4.69. The summed E-state index contributed by atoms with van der Waals surface area (Å²) in [5, 5.41) is 14.2. The molecule has 40 heavy (non-hydrogen) atoms. The number of amides is 1. The molecule has 1 aliphatic heterocycles. The van der Waals surface area contributed by atoms with E-state index in [1.54, 1.807) is 30.3 Å². The van der Waals surface area contributed by atoms with Gasteiger partial charge in [-0.15, -0.1) is 0 Å². The van der Waals surface area contributed by atoms with Gasteiger partial charge < -0.3 is 19.7 Å². The van der Waals surface area contributed by atoms with E-state index in [0.717, 1.165) is 42.8 Å². The molecule has 5 rings (SSSR count). The molecule has 1 amide bonds. The molecule has 1 aliphatic rings. The Balaban J connectivity index is 1.26. The quantitative estimate of drug-likeness (QED) is 0.199. The van der Waals surface area contributed by atoms with Crippen molar-refractivity contribution in [1.29, 1.82) is 0 Å². The number of non-ortho nitro benzene ring substituents is 1. The average molecular weight is 538 g/mol. The molecule has 204 valence electrons. The van der Waals surface area contributed by atoms with Crippen LogP contribution in [0.2, 0.25) is 0 Å². The first-order chi connectivity index (χ1) is 19.4. The molecule has 0 radical (unpaired) electrons. The number of methoxy groups -OCH3 is 1. The Kier molecular flexibility index (Phi) is 8.07. The lowest BCUT2D eigenvalue weighted by Crippen LogP contribution is -2.35. The summed E-state index contributed by atoms with van der Waals surface area (Å²) >= 11 is 0. The molecule has 0 bridgehead atoms. The Labute approximate surface area is 233 Å². The third-order valence-electron chi connectivity index (χ3n) is 7.13. The summed E-state index contributed by atoms with van der Waals surface area (Å²) in [5.74, 6) is 1.10. The van der Waals surface area contributed by atoms with Crippen LogP contribution in [0, 0.1) is 10.1 Å². The number of nitro groups is 1. The van der Waals surface area contributed by atoms with Gasteiger partial charge in [-0.25, -0.2) is 0 Å². The molecule has 4 aromatic carbocycles. The molecule has 0 unspecified atom stereocenters. The van der Waals surface area contributed by atoms with E-state index in [1.807, 2.05) is 48.5 Å². The lowest BCUT2D eigenvalue weighted by atomic mass is 10.0. The van der Waals surface area contributed by atoms with E-state index in [9.17, 15) is 14.9 Å². The highest BCUT2D eigenvalue weighted by Gasteiger charge is 2.18. The second-order valence-corrected chi connectivity index (χ2v) is 9.90. The first kappa shape index (κ1) is 26.9. The van der Waals surface area contributed by atoms with E-state index in [4.69, 9.17) is 9.47 Å². The zero-order chi connectivity index (χ0) is 28.1. The van der Waals surface area contributed by atoms with E-state index in [1.165, 1.54) is 19.2 Å². The predicted molar refractivity (Wildman–Crippen MR) is 156 cm³/mol. The molecule has 1 saturated heterocycles. The van der Waals surface area contributed by atoms with Gasteiger partial charge in [-0.05, 0) is 79.0 Å². The first-order valence-corrected chi connectivity index (χ1v) is 13.2. The Morgan fingerprint density at radius 3 is 2.23 bits per heavy atom. The minimum atomic E-state index is -0.450. The summed E-state index contributed by atoms with van der Waals surface area (Å²) in [6.45, 7) is 2.12. The van der Waals surface area contributed by atoms with Crippen molar-refractivity contribution < 1.29 is 19.2 Å². The van der Waals surface area contributed by atoms with Gasteiger partial charge in [-0.3, -0.25) is 14.9 Å². The smallest absolute Gasteiger partial charge is 0.270 e. The third-order valence-corrected chi connectivity index (χ3v) is 7.13. The van der Waals surface area contributed by atoms with Crippen LogP contribution in [-0.2, 0) is 0 Å². The molecule has 0 atom stereocenters. The van der Waals surface area contributed by atoms with Crippen LogP contribution in [0.3, 0.4) is 0 Å². The minimum Gasteiger partial charge on any atom is -0.496 e. The number of hydrogen-bond donors (Lipinski definition) is 1. The summed E-state index contributed by atoms with van der Waals surface area (Å²) in [4.78, 5) is 26.2. The number of benzene rings is 4. The van der Waals surface area contributed by atoms with Gasteiger partial charge in [0.2, 0.25) is 0 Å². The van der Waals surface area contributed by atoms with Gasteiger partial charge in [-0.1, -0.05) is 36.4 Å². The zero-order valence-electron chi connectivity index (χ0n) is 22.5. The molecule has 1 fully saturated rings. The molecule has 0 aromatic heterocycles. The topological polar surface area (TPSA) is 93.9 Å². The van der Waals surface area contributed by atoms with Gasteiger partial charge in [0.25, 0.3) is 11.6 Å². The summed E-state index contributed by atoms with van der Waals surface area (Å²) in [6, 6.07) is 27.0. The third kappa shape index (κ3) is 6.30. The first-order valence-electron chi connectivity index (χ1n) is 13.2. The number of nitrogens with one attached hydrogen (secondary N) is 1. The summed E-state index contributed by atoms with van der Waals surface area (Å²) in [5.41, 5.74) is 4.31. The van der Waals surface area contributed by atoms with E-state index in [0.29, 0.717) is 28.1 Å². The van der Waals surface area contributed by atoms with Crippen LogP contribution in [0.15, 0.2) is 91.0 Å². The maximum Gasteiger partial charge on any atom is 0.270 e. The van der Waals surface area contributed by atoms with Gasteiger partial charge in [0.05, 0.1) is 12.0 Å². The number of anilines is 1. The summed E-state index contributed by atoms with van der Waals surface area (Å²) in [6.07, 6.45) is 2.34. The SMILES string of the molecule is COc1ccc(C(=O)Nc2ccc(-c3ccc(OC4CCN(C)CC4)cc3)cc2)cc1-c1cccc([N+](=O)[O-])c1. The minimum absolute atomic E-state index is 0.0334. The van der Waals surface area contributed by atoms with Crippen molar-refractivity contribution >= 4 is 17.3 Å². The van der Waals surface area contributed by atoms with Crippen LogP contribution in [0.5, 0.6) is 11.5 Å². The summed E-state index contributed by atoms with van der Waals surface area (Å²) < 4.78 is 11.6. The molecule has 0 saturated carbocycles. The largest absolute Gasteiger partial charge is 0.496 e. The van der Waals surface area contributed by atoms with E-state index < -0.39 is 4.92 Å². The van der Waals surface area contributed by atoms with Crippen molar-refractivity contribution in [1.82, 2.24) is 4.90 Å². The Morgan fingerprint density at radius 2 is 1.57 bits per heavy atom. The van der Waals surface area contributed by atoms with Gasteiger partial charge in [0.1, 0.15) is 17.6 Å². The fraction of sp³-hybridized carbons (Fsp3) is 0.219. The van der Waals surface area contributed by atoms with Gasteiger partial charge in [0, 0.05) is 42.0 Å². The van der Waals surface area contributed by atoms with E-state index in [-0.39, 0.29) is 17.7 Å². The monoisotopic (exact) mass is 537 g/mol. The van der Waals surface area contributed by atoms with Crippen molar-refractivity contribution in [2.24, 2.45) is 0 Å². The summed E-state index contributed by atoms with van der Waals surface area (Å²) in [7, 11) is 3.66. The number of nitro benzene ring substituents is 1. The van der Waals surface area contributed by atoms with Crippen molar-refractivity contribution in [3.05, 3.63) is 107 Å².